The zero-order chi connectivity index (χ0) is 17.9. The zero-order valence-electron chi connectivity index (χ0n) is 14.3. The third-order valence-corrected chi connectivity index (χ3v) is 6.32. The number of sulfonamides is 1. The summed E-state index contributed by atoms with van der Waals surface area (Å²) in [6, 6.07) is 16.3. The van der Waals surface area contributed by atoms with Crippen molar-refractivity contribution < 1.29 is 13.2 Å². The molecule has 1 aliphatic rings. The molecule has 1 heterocycles. The van der Waals surface area contributed by atoms with Crippen LogP contribution in [0, 0.1) is 6.92 Å². The molecule has 1 saturated heterocycles. The van der Waals surface area contributed by atoms with Crippen molar-refractivity contribution in [2.75, 3.05) is 26.2 Å². The lowest BCUT2D eigenvalue weighted by Crippen LogP contribution is -2.50. The fourth-order valence-electron chi connectivity index (χ4n) is 3.03. The normalized spacial score (nSPS) is 16.0. The van der Waals surface area contributed by atoms with Gasteiger partial charge in [0.25, 0.3) is 0 Å². The molecule has 0 N–H and O–H groups in total. The first-order valence-corrected chi connectivity index (χ1v) is 9.79. The van der Waals surface area contributed by atoms with Crippen molar-refractivity contribution >= 4 is 15.9 Å². The van der Waals surface area contributed by atoms with E-state index in [0.717, 1.165) is 11.1 Å². The van der Waals surface area contributed by atoms with Gasteiger partial charge in [-0.05, 0) is 24.6 Å². The Morgan fingerprint density at radius 3 is 2.28 bits per heavy atom. The topological polar surface area (TPSA) is 57.7 Å². The van der Waals surface area contributed by atoms with Crippen LogP contribution in [-0.4, -0.2) is 49.7 Å². The standard InChI is InChI=1S/C19H22N2O3S/c1-16-6-5-7-17(14-16)15-19(22)20-10-12-21(13-11-20)25(23,24)18-8-3-2-4-9-18/h2-9,14H,10-13,15H2,1H3. The van der Waals surface area contributed by atoms with Gasteiger partial charge in [-0.25, -0.2) is 8.42 Å². The van der Waals surface area contributed by atoms with Crippen molar-refractivity contribution in [3.05, 3.63) is 65.7 Å². The van der Waals surface area contributed by atoms with E-state index in [4.69, 9.17) is 0 Å². The zero-order valence-corrected chi connectivity index (χ0v) is 15.1. The smallest absolute Gasteiger partial charge is 0.243 e. The van der Waals surface area contributed by atoms with Gasteiger partial charge in [0.1, 0.15) is 0 Å². The number of hydrogen-bond donors (Lipinski definition) is 0. The van der Waals surface area contributed by atoms with Crippen LogP contribution in [0.2, 0.25) is 0 Å². The first-order chi connectivity index (χ1) is 12.0. The Bertz CT molecular complexity index is 842. The predicted octanol–water partition coefficient (Wildman–Crippen LogP) is 2.07. The van der Waals surface area contributed by atoms with Gasteiger partial charge in [0, 0.05) is 26.2 Å². The van der Waals surface area contributed by atoms with Crippen LogP contribution in [0.15, 0.2) is 59.5 Å². The molecule has 2 aromatic rings. The molecule has 132 valence electrons. The maximum atomic E-state index is 12.6. The molecule has 1 fully saturated rings. The molecule has 6 heteroatoms. The molecule has 0 atom stereocenters. The summed E-state index contributed by atoms with van der Waals surface area (Å²) in [7, 11) is -3.48. The quantitative estimate of drug-likeness (QED) is 0.841. The highest BCUT2D eigenvalue weighted by Crippen LogP contribution is 2.17. The van der Waals surface area contributed by atoms with Gasteiger partial charge in [-0.15, -0.1) is 0 Å². The van der Waals surface area contributed by atoms with E-state index in [9.17, 15) is 13.2 Å². The molecule has 5 nitrogen and oxygen atoms in total. The first kappa shape index (κ1) is 17.6. The van der Waals surface area contributed by atoms with Crippen LogP contribution in [0.5, 0.6) is 0 Å². The van der Waals surface area contributed by atoms with Gasteiger partial charge in [0.05, 0.1) is 11.3 Å². The first-order valence-electron chi connectivity index (χ1n) is 8.35. The lowest BCUT2D eigenvalue weighted by molar-refractivity contribution is -0.131. The summed E-state index contributed by atoms with van der Waals surface area (Å²) in [5, 5.41) is 0. The summed E-state index contributed by atoms with van der Waals surface area (Å²) < 4.78 is 26.7. The summed E-state index contributed by atoms with van der Waals surface area (Å²) in [5.41, 5.74) is 2.12. The highest BCUT2D eigenvalue weighted by atomic mass is 32.2. The van der Waals surface area contributed by atoms with Crippen LogP contribution < -0.4 is 0 Å². The molecule has 2 aromatic carbocycles. The molecule has 3 rings (SSSR count). The molecule has 25 heavy (non-hydrogen) atoms. The molecule has 1 aliphatic heterocycles. The van der Waals surface area contributed by atoms with Gasteiger partial charge in [-0.2, -0.15) is 4.31 Å². The van der Waals surface area contributed by atoms with Crippen LogP contribution >= 0.6 is 0 Å². The second-order valence-electron chi connectivity index (χ2n) is 6.26. The summed E-state index contributed by atoms with van der Waals surface area (Å²) in [4.78, 5) is 14.5. The number of hydrogen-bond acceptors (Lipinski definition) is 3. The highest BCUT2D eigenvalue weighted by molar-refractivity contribution is 7.89. The molecule has 0 radical (unpaired) electrons. The fourth-order valence-corrected chi connectivity index (χ4v) is 4.47. The van der Waals surface area contributed by atoms with Gasteiger partial charge < -0.3 is 4.90 Å². The number of amides is 1. The molecule has 0 saturated carbocycles. The number of rotatable bonds is 4. The minimum atomic E-state index is -3.48. The fraction of sp³-hybridized carbons (Fsp3) is 0.316. The van der Waals surface area contributed by atoms with E-state index in [-0.39, 0.29) is 5.91 Å². The highest BCUT2D eigenvalue weighted by Gasteiger charge is 2.29. The van der Waals surface area contributed by atoms with Crippen LogP contribution in [-0.2, 0) is 21.2 Å². The number of benzene rings is 2. The van der Waals surface area contributed by atoms with Crippen molar-refractivity contribution in [2.24, 2.45) is 0 Å². The predicted molar refractivity (Wildman–Crippen MR) is 96.7 cm³/mol. The summed E-state index contributed by atoms with van der Waals surface area (Å²) in [6.45, 7) is 3.52. The van der Waals surface area contributed by atoms with Gasteiger partial charge in [-0.1, -0.05) is 48.0 Å². The second kappa shape index (κ2) is 7.37. The lowest BCUT2D eigenvalue weighted by Gasteiger charge is -2.34. The number of aryl methyl sites for hydroxylation is 1. The monoisotopic (exact) mass is 358 g/mol. The molecule has 1 amide bonds. The third-order valence-electron chi connectivity index (χ3n) is 4.41. The van der Waals surface area contributed by atoms with Crippen LogP contribution in [0.25, 0.3) is 0 Å². The Labute approximate surface area is 148 Å². The summed E-state index contributed by atoms with van der Waals surface area (Å²) in [5.74, 6) is 0.0439. The third kappa shape index (κ3) is 4.08. The van der Waals surface area contributed by atoms with Crippen molar-refractivity contribution in [3.63, 3.8) is 0 Å². The van der Waals surface area contributed by atoms with E-state index in [1.807, 2.05) is 31.2 Å². The molecular weight excluding hydrogens is 336 g/mol. The number of carbonyl (C=O) groups excluding carboxylic acids is 1. The maximum Gasteiger partial charge on any atom is 0.243 e. The maximum absolute atomic E-state index is 12.6. The van der Waals surface area contributed by atoms with E-state index in [2.05, 4.69) is 0 Å². The minimum absolute atomic E-state index is 0.0439. The average Bonchev–Trinajstić information content (AvgIpc) is 2.62. The van der Waals surface area contributed by atoms with Crippen molar-refractivity contribution in [2.45, 2.75) is 18.2 Å². The molecule has 0 unspecified atom stereocenters. The Balaban J connectivity index is 1.61. The second-order valence-corrected chi connectivity index (χ2v) is 8.20. The number of nitrogens with zero attached hydrogens (tertiary/aromatic N) is 2. The average molecular weight is 358 g/mol. The number of carbonyl (C=O) groups is 1. The van der Waals surface area contributed by atoms with E-state index in [0.29, 0.717) is 37.5 Å². The summed E-state index contributed by atoms with van der Waals surface area (Å²) in [6.07, 6.45) is 0.354. The largest absolute Gasteiger partial charge is 0.340 e. The molecule has 0 spiro atoms. The van der Waals surface area contributed by atoms with Crippen molar-refractivity contribution in [3.8, 4) is 0 Å². The number of piperazine rings is 1. The van der Waals surface area contributed by atoms with Crippen molar-refractivity contribution in [1.82, 2.24) is 9.21 Å². The van der Waals surface area contributed by atoms with Gasteiger partial charge >= 0.3 is 0 Å². The molecular formula is C19H22N2O3S. The SMILES string of the molecule is Cc1cccc(CC(=O)N2CCN(S(=O)(=O)c3ccccc3)CC2)c1. The van der Waals surface area contributed by atoms with Gasteiger partial charge in [-0.3, -0.25) is 4.79 Å². The van der Waals surface area contributed by atoms with Crippen LogP contribution in [0.4, 0.5) is 0 Å². The van der Waals surface area contributed by atoms with E-state index in [1.165, 1.54) is 4.31 Å². The van der Waals surface area contributed by atoms with Crippen molar-refractivity contribution in [1.29, 1.82) is 0 Å². The Morgan fingerprint density at radius 2 is 1.64 bits per heavy atom. The Hall–Kier alpha value is -2.18. The minimum Gasteiger partial charge on any atom is -0.340 e. The van der Waals surface area contributed by atoms with Gasteiger partial charge in [0.15, 0.2) is 0 Å². The Morgan fingerprint density at radius 1 is 0.960 bits per heavy atom. The van der Waals surface area contributed by atoms with Crippen LogP contribution in [0.1, 0.15) is 11.1 Å². The molecule has 0 bridgehead atoms. The van der Waals surface area contributed by atoms with Crippen LogP contribution in [0.3, 0.4) is 0 Å². The summed E-state index contributed by atoms with van der Waals surface area (Å²) >= 11 is 0. The van der Waals surface area contributed by atoms with E-state index < -0.39 is 10.0 Å². The van der Waals surface area contributed by atoms with Gasteiger partial charge in [0.2, 0.25) is 15.9 Å². The van der Waals surface area contributed by atoms with E-state index >= 15 is 0 Å². The molecule has 0 aliphatic carbocycles. The molecule has 0 aromatic heterocycles. The Kier molecular flexibility index (Phi) is 5.20. The van der Waals surface area contributed by atoms with E-state index in [1.54, 1.807) is 35.2 Å². The lowest BCUT2D eigenvalue weighted by atomic mass is 10.1.